The number of hydrogen-bond donors (Lipinski definition) is 0. The van der Waals surface area contributed by atoms with Crippen LogP contribution in [-0.2, 0) is 16.1 Å². The first kappa shape index (κ1) is 9.14. The third kappa shape index (κ3) is 1.48. The van der Waals surface area contributed by atoms with Gasteiger partial charge in [-0.05, 0) is 0 Å². The van der Waals surface area contributed by atoms with Crippen LogP contribution in [0.25, 0.3) is 10.1 Å². The van der Waals surface area contributed by atoms with E-state index in [0.717, 1.165) is 0 Å². The van der Waals surface area contributed by atoms with Crippen LogP contribution in [0.15, 0.2) is 28.7 Å². The Bertz CT molecular complexity index is 412. The summed E-state index contributed by atoms with van der Waals surface area (Å²) in [5, 5.41) is 1.31. The topological polar surface area (TPSA) is 0 Å². The van der Waals surface area contributed by atoms with E-state index in [1.54, 1.807) is 0 Å². The molecule has 0 aliphatic heterocycles. The van der Waals surface area contributed by atoms with Crippen molar-refractivity contribution in [2.75, 3.05) is 0 Å². The van der Waals surface area contributed by atoms with Gasteiger partial charge < -0.3 is 0 Å². The summed E-state index contributed by atoms with van der Waals surface area (Å²) in [7, 11) is 5.97. The fourth-order valence-corrected chi connectivity index (χ4v) is 7.90. The van der Waals surface area contributed by atoms with Gasteiger partial charge in [0.05, 0.1) is 0 Å². The molecule has 1 aromatic carbocycles. The van der Waals surface area contributed by atoms with E-state index < -0.39 is 16.1 Å². The van der Waals surface area contributed by atoms with E-state index in [1.165, 1.54) is 18.0 Å². The summed E-state index contributed by atoms with van der Waals surface area (Å²) < 4.78 is 3.97. The molecule has 4 heteroatoms. The van der Waals surface area contributed by atoms with E-state index in [-0.39, 0.29) is 0 Å². The van der Waals surface area contributed by atoms with Crippen LogP contribution in [0.3, 0.4) is 0 Å². The Morgan fingerprint density at radius 2 is 2.08 bits per heavy atom. The predicted octanol–water partition coefficient (Wildman–Crippen LogP) is 3.53. The molecule has 1 heterocycles. The summed E-state index contributed by atoms with van der Waals surface area (Å²) in [6.45, 7) is 0. The molecule has 0 unspecified atom stereocenters. The number of hydrogen-bond acceptors (Lipinski definition) is 1. The molecule has 58 valence electrons. The van der Waals surface area contributed by atoms with Crippen molar-refractivity contribution in [1.29, 1.82) is 0 Å². The summed E-state index contributed by atoms with van der Waals surface area (Å²) in [6.07, 6.45) is 0. The number of fused-ring (bicyclic) bond motifs is 1. The first-order valence-electron chi connectivity index (χ1n) is 3.55. The molecule has 12 heavy (non-hydrogen) atoms. The SMILES string of the molecule is [Cl][Zn][c]1sc2ccccc2c1Br. The van der Waals surface area contributed by atoms with Crippen LogP contribution >= 0.6 is 37.0 Å². The van der Waals surface area contributed by atoms with Gasteiger partial charge >= 0.3 is 95.4 Å². The number of benzene rings is 1. The van der Waals surface area contributed by atoms with Crippen LogP contribution < -0.4 is 3.47 Å². The molecule has 0 aliphatic rings. The number of halogens is 2. The fourth-order valence-electron chi connectivity index (χ4n) is 1.15. The van der Waals surface area contributed by atoms with Crippen LogP contribution in [0.2, 0.25) is 0 Å². The van der Waals surface area contributed by atoms with Crippen LogP contribution in [0.1, 0.15) is 0 Å². The molecule has 0 saturated carbocycles. The third-order valence-electron chi connectivity index (χ3n) is 1.72. The normalized spacial score (nSPS) is 10.2. The summed E-state index contributed by atoms with van der Waals surface area (Å²) in [4.78, 5) is 0. The second kappa shape index (κ2) is 3.75. The van der Waals surface area contributed by atoms with E-state index in [1.807, 2.05) is 11.3 Å². The predicted molar refractivity (Wildman–Crippen MR) is 55.0 cm³/mol. The standard InChI is InChI=1S/C8H4BrS.ClH.Zn/c9-7-5-10-8-4-2-1-3-6(7)8;;/h1-4H;1H;/q;;+1/p-1. The zero-order valence-electron chi connectivity index (χ0n) is 6.18. The Labute approximate surface area is 94.7 Å². The molecule has 0 aliphatic carbocycles. The van der Waals surface area contributed by atoms with E-state index in [9.17, 15) is 0 Å². The first-order valence-corrected chi connectivity index (χ1v) is 10.5. The molecule has 0 fully saturated rings. The van der Waals surface area contributed by atoms with Gasteiger partial charge in [0.1, 0.15) is 0 Å². The van der Waals surface area contributed by atoms with Crippen molar-refractivity contribution >= 4 is 50.5 Å². The molecular formula is C8H4BrClSZn. The summed E-state index contributed by atoms with van der Waals surface area (Å²) >= 11 is 4.46. The molecule has 0 bridgehead atoms. The zero-order chi connectivity index (χ0) is 8.55. The minimum absolute atomic E-state index is 0.951. The first-order chi connectivity index (χ1) is 5.83. The molecule has 0 spiro atoms. The Morgan fingerprint density at radius 1 is 1.33 bits per heavy atom. The molecule has 0 radical (unpaired) electrons. The van der Waals surface area contributed by atoms with Crippen molar-refractivity contribution < 1.29 is 16.1 Å². The molecule has 2 aromatic rings. The molecule has 1 aromatic heterocycles. The Morgan fingerprint density at radius 3 is 2.75 bits per heavy atom. The van der Waals surface area contributed by atoms with E-state index >= 15 is 0 Å². The summed E-state index contributed by atoms with van der Waals surface area (Å²) in [6, 6.07) is 8.40. The maximum absolute atomic E-state index is 5.97. The van der Waals surface area contributed by atoms with Crippen molar-refractivity contribution in [3.05, 3.63) is 28.7 Å². The van der Waals surface area contributed by atoms with Crippen molar-refractivity contribution in [3.63, 3.8) is 0 Å². The van der Waals surface area contributed by atoms with Crippen LogP contribution in [0.4, 0.5) is 0 Å². The minimum atomic E-state index is -0.951. The quantitative estimate of drug-likeness (QED) is 0.707. The van der Waals surface area contributed by atoms with E-state index in [2.05, 4.69) is 40.2 Å². The van der Waals surface area contributed by atoms with Crippen molar-refractivity contribution in [3.8, 4) is 0 Å². The van der Waals surface area contributed by atoms with Gasteiger partial charge in [0.25, 0.3) is 0 Å². The number of thiophene rings is 1. The van der Waals surface area contributed by atoms with Gasteiger partial charge in [-0.3, -0.25) is 0 Å². The van der Waals surface area contributed by atoms with Gasteiger partial charge in [0.15, 0.2) is 0 Å². The Balaban J connectivity index is 2.78. The Hall–Kier alpha value is 0.573. The van der Waals surface area contributed by atoms with Crippen LogP contribution in [0.5, 0.6) is 0 Å². The second-order valence-electron chi connectivity index (χ2n) is 2.47. The van der Waals surface area contributed by atoms with Gasteiger partial charge in [-0.15, -0.1) is 0 Å². The summed E-state index contributed by atoms with van der Waals surface area (Å²) in [5.74, 6) is 0. The molecule has 0 N–H and O–H groups in total. The molecule has 0 atom stereocenters. The molecule has 2 rings (SSSR count). The van der Waals surface area contributed by atoms with Gasteiger partial charge in [-0.2, -0.15) is 0 Å². The van der Waals surface area contributed by atoms with Crippen molar-refractivity contribution in [1.82, 2.24) is 0 Å². The number of rotatable bonds is 1. The van der Waals surface area contributed by atoms with Crippen molar-refractivity contribution in [2.45, 2.75) is 0 Å². The van der Waals surface area contributed by atoms with E-state index in [0.29, 0.717) is 0 Å². The van der Waals surface area contributed by atoms with Gasteiger partial charge in [0.2, 0.25) is 0 Å². The van der Waals surface area contributed by atoms with Crippen LogP contribution in [0, 0.1) is 0 Å². The monoisotopic (exact) mass is 310 g/mol. The zero-order valence-corrected chi connectivity index (χ0v) is 12.3. The molecule has 0 amide bonds. The van der Waals surface area contributed by atoms with Gasteiger partial charge in [-0.1, -0.05) is 0 Å². The summed E-state index contributed by atoms with van der Waals surface area (Å²) in [5.41, 5.74) is 0. The Kier molecular flexibility index (Phi) is 2.86. The molecule has 0 saturated heterocycles. The second-order valence-corrected chi connectivity index (χ2v) is 8.91. The average molecular weight is 313 g/mol. The fraction of sp³-hybridized carbons (Fsp3) is 0. The molecular weight excluding hydrogens is 309 g/mol. The van der Waals surface area contributed by atoms with E-state index in [4.69, 9.17) is 9.69 Å². The van der Waals surface area contributed by atoms with Gasteiger partial charge in [-0.25, -0.2) is 0 Å². The van der Waals surface area contributed by atoms with Gasteiger partial charge in [0, 0.05) is 0 Å². The molecule has 0 nitrogen and oxygen atoms in total. The average Bonchev–Trinajstić information content (AvgIpc) is 2.44. The maximum atomic E-state index is 5.97. The van der Waals surface area contributed by atoms with Crippen molar-refractivity contribution in [2.24, 2.45) is 0 Å². The third-order valence-corrected chi connectivity index (χ3v) is 10.1. The van der Waals surface area contributed by atoms with Crippen LogP contribution in [-0.4, -0.2) is 0 Å².